The average Bonchev–Trinajstić information content (AvgIpc) is 2.19. The molecule has 0 aromatic carbocycles. The van der Waals surface area contributed by atoms with E-state index in [1.807, 2.05) is 0 Å². The zero-order chi connectivity index (χ0) is 10.1. The van der Waals surface area contributed by atoms with Gasteiger partial charge >= 0.3 is 0 Å². The summed E-state index contributed by atoms with van der Waals surface area (Å²) in [5.74, 6) is 0. The molecule has 1 aliphatic carbocycles. The Morgan fingerprint density at radius 2 is 1.43 bits per heavy atom. The summed E-state index contributed by atoms with van der Waals surface area (Å²) in [5.41, 5.74) is 1.27. The van der Waals surface area contributed by atoms with E-state index >= 15 is 0 Å². The molecule has 82 valence electrons. The Bertz CT molecular complexity index is 161. The van der Waals surface area contributed by atoms with Gasteiger partial charge in [0.15, 0.2) is 0 Å². The van der Waals surface area contributed by atoms with E-state index in [2.05, 4.69) is 6.08 Å². The number of allylic oxidation sites excluding steroid dienone is 1. The van der Waals surface area contributed by atoms with Crippen LogP contribution in [0.4, 0.5) is 0 Å². The van der Waals surface area contributed by atoms with Gasteiger partial charge in [0.1, 0.15) is 0 Å². The van der Waals surface area contributed by atoms with Crippen LogP contribution < -0.4 is 0 Å². The van der Waals surface area contributed by atoms with Gasteiger partial charge in [-0.05, 0) is 31.3 Å². The van der Waals surface area contributed by atoms with E-state index in [9.17, 15) is 0 Å². The Morgan fingerprint density at radius 3 is 2.07 bits per heavy atom. The summed E-state index contributed by atoms with van der Waals surface area (Å²) in [5, 5.41) is 9.13. The topological polar surface area (TPSA) is 20.2 Å². The minimum atomic E-state index is 0.278. The first kappa shape index (κ1) is 11.8. The van der Waals surface area contributed by atoms with Crippen molar-refractivity contribution in [2.45, 2.75) is 64.2 Å². The molecule has 0 fully saturated rings. The molecule has 0 aromatic heterocycles. The molecule has 0 aromatic rings. The Labute approximate surface area is 88.2 Å². The molecule has 14 heavy (non-hydrogen) atoms. The van der Waals surface area contributed by atoms with Gasteiger partial charge in [-0.2, -0.15) is 0 Å². The van der Waals surface area contributed by atoms with Crippen molar-refractivity contribution in [3.63, 3.8) is 0 Å². The highest BCUT2D eigenvalue weighted by Crippen LogP contribution is 2.16. The fourth-order valence-electron chi connectivity index (χ4n) is 2.11. The first-order valence-electron chi connectivity index (χ1n) is 6.22. The first-order chi connectivity index (χ1) is 6.93. The molecule has 0 aliphatic heterocycles. The van der Waals surface area contributed by atoms with Crippen LogP contribution in [0.2, 0.25) is 0 Å². The van der Waals surface area contributed by atoms with Crippen molar-refractivity contribution in [2.24, 2.45) is 0 Å². The van der Waals surface area contributed by atoms with Gasteiger partial charge < -0.3 is 5.11 Å². The van der Waals surface area contributed by atoms with Gasteiger partial charge in [0.25, 0.3) is 0 Å². The summed E-state index contributed by atoms with van der Waals surface area (Å²) in [6.07, 6.45) is 15.5. The van der Waals surface area contributed by atoms with Gasteiger partial charge in [0.2, 0.25) is 0 Å². The van der Waals surface area contributed by atoms with Crippen LogP contribution in [0.5, 0.6) is 0 Å². The third-order valence-electron chi connectivity index (χ3n) is 3.09. The second-order valence-electron chi connectivity index (χ2n) is 4.39. The molecule has 0 atom stereocenters. The molecule has 0 saturated heterocycles. The summed E-state index contributed by atoms with van der Waals surface area (Å²) in [6, 6.07) is 0. The normalized spacial score (nSPS) is 25.6. The summed E-state index contributed by atoms with van der Waals surface area (Å²) in [6.45, 7) is 0.278. The van der Waals surface area contributed by atoms with Gasteiger partial charge in [-0.3, -0.25) is 0 Å². The van der Waals surface area contributed by atoms with Crippen LogP contribution in [0.15, 0.2) is 11.6 Å². The molecule has 1 heteroatoms. The fraction of sp³-hybridized carbons (Fsp3) is 0.846. The molecule has 0 heterocycles. The van der Waals surface area contributed by atoms with E-state index in [4.69, 9.17) is 5.11 Å². The molecular weight excluding hydrogens is 172 g/mol. The summed E-state index contributed by atoms with van der Waals surface area (Å²) in [4.78, 5) is 0. The second-order valence-corrected chi connectivity index (χ2v) is 4.39. The molecule has 1 N–H and O–H groups in total. The lowest BCUT2D eigenvalue weighted by Crippen LogP contribution is -1.92. The van der Waals surface area contributed by atoms with Crippen LogP contribution in [0.25, 0.3) is 0 Å². The highest BCUT2D eigenvalue weighted by molar-refractivity contribution is 5.01. The molecule has 0 saturated carbocycles. The lowest BCUT2D eigenvalue weighted by atomic mass is 10.0. The zero-order valence-corrected chi connectivity index (χ0v) is 9.30. The molecule has 1 nitrogen and oxygen atoms in total. The molecule has 0 bridgehead atoms. The van der Waals surface area contributed by atoms with E-state index in [0.29, 0.717) is 0 Å². The number of hydrogen-bond donors (Lipinski definition) is 1. The maximum atomic E-state index is 9.13. The zero-order valence-electron chi connectivity index (χ0n) is 9.30. The quantitative estimate of drug-likeness (QED) is 0.632. The van der Waals surface area contributed by atoms with Crippen molar-refractivity contribution < 1.29 is 5.11 Å². The predicted molar refractivity (Wildman–Crippen MR) is 61.3 cm³/mol. The van der Waals surface area contributed by atoms with Crippen molar-refractivity contribution in [1.29, 1.82) is 0 Å². The second kappa shape index (κ2) is 8.05. The number of aliphatic hydroxyl groups excluding tert-OH is 1. The highest BCUT2D eigenvalue weighted by atomic mass is 16.3. The van der Waals surface area contributed by atoms with Crippen molar-refractivity contribution in [3.8, 4) is 0 Å². The molecule has 1 aliphatic rings. The molecule has 0 spiro atoms. The standard InChI is InChI=1S/C13H24O/c14-12-13-10-8-6-4-2-1-3-5-7-9-11-13/h10,14H,1-9,11-12H2/b13-10+. The number of aliphatic hydroxyl groups is 1. The first-order valence-corrected chi connectivity index (χ1v) is 6.22. The van der Waals surface area contributed by atoms with E-state index in [0.717, 1.165) is 6.42 Å². The van der Waals surface area contributed by atoms with Gasteiger partial charge in [-0.15, -0.1) is 0 Å². The third-order valence-corrected chi connectivity index (χ3v) is 3.09. The molecule has 0 amide bonds. The Balaban J connectivity index is 2.29. The summed E-state index contributed by atoms with van der Waals surface area (Å²) < 4.78 is 0. The largest absolute Gasteiger partial charge is 0.392 e. The van der Waals surface area contributed by atoms with Gasteiger partial charge in [-0.1, -0.05) is 44.6 Å². The molecule has 1 rings (SSSR count). The molecule has 0 unspecified atom stereocenters. The maximum absolute atomic E-state index is 9.13. The smallest absolute Gasteiger partial charge is 0.0641 e. The fourth-order valence-corrected chi connectivity index (χ4v) is 2.11. The maximum Gasteiger partial charge on any atom is 0.0641 e. The molecule has 0 radical (unpaired) electrons. The van der Waals surface area contributed by atoms with E-state index < -0.39 is 0 Å². The predicted octanol–water partition coefficient (Wildman–Crippen LogP) is 3.82. The van der Waals surface area contributed by atoms with Gasteiger partial charge in [-0.25, -0.2) is 0 Å². The Hall–Kier alpha value is -0.300. The van der Waals surface area contributed by atoms with Gasteiger partial charge in [0.05, 0.1) is 6.61 Å². The van der Waals surface area contributed by atoms with Crippen LogP contribution in [0.3, 0.4) is 0 Å². The molecular formula is C13H24O. The lowest BCUT2D eigenvalue weighted by Gasteiger charge is -2.07. The Kier molecular flexibility index (Phi) is 6.77. The van der Waals surface area contributed by atoms with Crippen LogP contribution >= 0.6 is 0 Å². The third kappa shape index (κ3) is 5.43. The van der Waals surface area contributed by atoms with Crippen LogP contribution in [0.1, 0.15) is 64.2 Å². The average molecular weight is 196 g/mol. The number of hydrogen-bond acceptors (Lipinski definition) is 1. The monoisotopic (exact) mass is 196 g/mol. The lowest BCUT2D eigenvalue weighted by molar-refractivity contribution is 0.324. The van der Waals surface area contributed by atoms with Gasteiger partial charge in [0, 0.05) is 0 Å². The van der Waals surface area contributed by atoms with E-state index in [1.54, 1.807) is 0 Å². The van der Waals surface area contributed by atoms with Crippen LogP contribution in [-0.2, 0) is 0 Å². The van der Waals surface area contributed by atoms with Crippen molar-refractivity contribution >= 4 is 0 Å². The summed E-state index contributed by atoms with van der Waals surface area (Å²) in [7, 11) is 0. The van der Waals surface area contributed by atoms with E-state index in [1.165, 1.54) is 63.4 Å². The minimum absolute atomic E-state index is 0.278. The van der Waals surface area contributed by atoms with Crippen LogP contribution in [-0.4, -0.2) is 11.7 Å². The number of rotatable bonds is 1. The van der Waals surface area contributed by atoms with E-state index in [-0.39, 0.29) is 6.61 Å². The Morgan fingerprint density at radius 1 is 0.857 bits per heavy atom. The van der Waals surface area contributed by atoms with Crippen molar-refractivity contribution in [3.05, 3.63) is 11.6 Å². The SMILES string of the molecule is OC/C1=C/CCCCCCCCCC1. The van der Waals surface area contributed by atoms with Crippen molar-refractivity contribution in [1.82, 2.24) is 0 Å². The summed E-state index contributed by atoms with van der Waals surface area (Å²) >= 11 is 0. The van der Waals surface area contributed by atoms with Crippen molar-refractivity contribution in [2.75, 3.05) is 6.61 Å². The minimum Gasteiger partial charge on any atom is -0.392 e. The van der Waals surface area contributed by atoms with Crippen LogP contribution in [0, 0.1) is 0 Å². The highest BCUT2D eigenvalue weighted by Gasteiger charge is 1.98.